The van der Waals surface area contributed by atoms with E-state index in [0.29, 0.717) is 5.75 Å². The zero-order valence-corrected chi connectivity index (χ0v) is 9.52. The van der Waals surface area contributed by atoms with Crippen LogP contribution in [0.3, 0.4) is 0 Å². The number of thioether (sulfide) groups is 1. The second kappa shape index (κ2) is 4.06. The predicted octanol–water partition coefficient (Wildman–Crippen LogP) is 2.55. The van der Waals surface area contributed by atoms with Crippen LogP contribution in [-0.2, 0) is 4.79 Å². The number of benzene rings is 1. The number of nitrogens with one attached hydrogen (secondary N) is 1. The van der Waals surface area contributed by atoms with Gasteiger partial charge in [-0.25, -0.2) is 4.98 Å². The van der Waals surface area contributed by atoms with Crippen molar-refractivity contribution in [3.8, 4) is 0 Å². The maximum Gasteiger partial charge on any atom is 0.166 e. The van der Waals surface area contributed by atoms with Crippen molar-refractivity contribution in [3.05, 3.63) is 23.8 Å². The van der Waals surface area contributed by atoms with Crippen LogP contribution in [0.15, 0.2) is 23.4 Å². The van der Waals surface area contributed by atoms with Crippen LogP contribution in [0.25, 0.3) is 11.0 Å². The SMILES string of the molecule is CC(=O)CSc1nc2ccc(C)cc2[nH]1. The Kier molecular flexibility index (Phi) is 2.77. The quantitative estimate of drug-likeness (QED) is 0.808. The van der Waals surface area contributed by atoms with Gasteiger partial charge in [-0.15, -0.1) is 0 Å². The van der Waals surface area contributed by atoms with E-state index in [1.54, 1.807) is 6.92 Å². The number of aromatic nitrogens is 2. The average molecular weight is 220 g/mol. The molecule has 78 valence electrons. The molecule has 3 nitrogen and oxygen atoms in total. The maximum atomic E-state index is 10.8. The molecule has 0 atom stereocenters. The fraction of sp³-hybridized carbons (Fsp3) is 0.273. The number of hydrogen-bond donors (Lipinski definition) is 1. The molecule has 0 unspecified atom stereocenters. The highest BCUT2D eigenvalue weighted by Gasteiger charge is 2.04. The van der Waals surface area contributed by atoms with Crippen LogP contribution in [-0.4, -0.2) is 21.5 Å². The van der Waals surface area contributed by atoms with Gasteiger partial charge in [-0.05, 0) is 31.5 Å². The molecule has 15 heavy (non-hydrogen) atoms. The van der Waals surface area contributed by atoms with Gasteiger partial charge >= 0.3 is 0 Å². The summed E-state index contributed by atoms with van der Waals surface area (Å²) in [6, 6.07) is 6.07. The first-order chi connectivity index (χ1) is 7.15. The van der Waals surface area contributed by atoms with Crippen LogP contribution < -0.4 is 0 Å². The molecule has 1 aromatic carbocycles. The van der Waals surface area contributed by atoms with Gasteiger partial charge in [0.15, 0.2) is 5.16 Å². The summed E-state index contributed by atoms with van der Waals surface area (Å²) in [4.78, 5) is 18.4. The normalized spacial score (nSPS) is 10.8. The maximum absolute atomic E-state index is 10.8. The summed E-state index contributed by atoms with van der Waals surface area (Å²) < 4.78 is 0. The number of aryl methyl sites for hydroxylation is 1. The second-order valence-corrected chi connectivity index (χ2v) is 4.52. The van der Waals surface area contributed by atoms with E-state index in [0.717, 1.165) is 16.2 Å². The van der Waals surface area contributed by atoms with Gasteiger partial charge in [-0.1, -0.05) is 17.8 Å². The summed E-state index contributed by atoms with van der Waals surface area (Å²) in [7, 11) is 0. The smallest absolute Gasteiger partial charge is 0.166 e. The lowest BCUT2D eigenvalue weighted by molar-refractivity contribution is -0.114. The summed E-state index contributed by atoms with van der Waals surface area (Å²) in [6.07, 6.45) is 0. The van der Waals surface area contributed by atoms with Crippen LogP contribution >= 0.6 is 11.8 Å². The van der Waals surface area contributed by atoms with E-state index < -0.39 is 0 Å². The summed E-state index contributed by atoms with van der Waals surface area (Å²) in [5.74, 6) is 0.635. The molecule has 1 N–H and O–H groups in total. The zero-order valence-electron chi connectivity index (χ0n) is 8.70. The monoisotopic (exact) mass is 220 g/mol. The predicted molar refractivity (Wildman–Crippen MR) is 62.2 cm³/mol. The van der Waals surface area contributed by atoms with Crippen LogP contribution in [0.4, 0.5) is 0 Å². The zero-order chi connectivity index (χ0) is 10.8. The van der Waals surface area contributed by atoms with Crippen LogP contribution in [0, 0.1) is 6.92 Å². The number of H-pyrrole nitrogens is 1. The van der Waals surface area contributed by atoms with E-state index in [-0.39, 0.29) is 5.78 Å². The van der Waals surface area contributed by atoms with E-state index >= 15 is 0 Å². The van der Waals surface area contributed by atoms with Crippen LogP contribution in [0.1, 0.15) is 12.5 Å². The molecule has 2 aromatic rings. The number of rotatable bonds is 3. The third-order valence-electron chi connectivity index (χ3n) is 2.03. The Hall–Kier alpha value is -1.29. The van der Waals surface area contributed by atoms with Crippen molar-refractivity contribution < 1.29 is 4.79 Å². The molecule has 0 fully saturated rings. The van der Waals surface area contributed by atoms with E-state index in [9.17, 15) is 4.79 Å². The van der Waals surface area contributed by atoms with E-state index in [1.807, 2.05) is 19.1 Å². The minimum absolute atomic E-state index is 0.164. The van der Waals surface area contributed by atoms with E-state index in [4.69, 9.17) is 0 Å². The van der Waals surface area contributed by atoms with Crippen molar-refractivity contribution in [1.82, 2.24) is 9.97 Å². The summed E-state index contributed by atoms with van der Waals surface area (Å²) in [5, 5.41) is 0.811. The Bertz CT molecular complexity index is 504. The number of fused-ring (bicyclic) bond motifs is 1. The molecule has 0 amide bonds. The van der Waals surface area contributed by atoms with Gasteiger partial charge in [-0.3, -0.25) is 4.79 Å². The van der Waals surface area contributed by atoms with Gasteiger partial charge in [0.25, 0.3) is 0 Å². The fourth-order valence-electron chi connectivity index (χ4n) is 1.34. The summed E-state index contributed by atoms with van der Waals surface area (Å²) in [5.41, 5.74) is 3.18. The lowest BCUT2D eigenvalue weighted by Gasteiger charge is -1.90. The highest BCUT2D eigenvalue weighted by molar-refractivity contribution is 7.99. The molecule has 2 rings (SSSR count). The van der Waals surface area contributed by atoms with Crippen molar-refractivity contribution in [2.24, 2.45) is 0 Å². The number of ketones is 1. The van der Waals surface area contributed by atoms with Gasteiger partial charge in [0.05, 0.1) is 16.8 Å². The Morgan fingerprint density at radius 1 is 1.53 bits per heavy atom. The molecule has 0 radical (unpaired) electrons. The Balaban J connectivity index is 2.27. The topological polar surface area (TPSA) is 45.8 Å². The third-order valence-corrected chi connectivity index (χ3v) is 3.05. The molecule has 4 heteroatoms. The lowest BCUT2D eigenvalue weighted by Crippen LogP contribution is -1.93. The molecule has 0 saturated carbocycles. The Labute approximate surface area is 92.3 Å². The number of hydrogen-bond acceptors (Lipinski definition) is 3. The standard InChI is InChI=1S/C11H12N2OS/c1-7-3-4-9-10(5-7)13-11(12-9)15-6-8(2)14/h3-5H,6H2,1-2H3,(H,12,13). The molecule has 0 aliphatic rings. The Morgan fingerprint density at radius 3 is 3.07 bits per heavy atom. The minimum Gasteiger partial charge on any atom is -0.333 e. The highest BCUT2D eigenvalue weighted by Crippen LogP contribution is 2.20. The molecule has 0 saturated heterocycles. The highest BCUT2D eigenvalue weighted by atomic mass is 32.2. The summed E-state index contributed by atoms with van der Waals surface area (Å²) >= 11 is 1.44. The van der Waals surface area contributed by atoms with E-state index in [2.05, 4.69) is 16.0 Å². The number of carbonyl (C=O) groups excluding carboxylic acids is 1. The van der Waals surface area contributed by atoms with E-state index in [1.165, 1.54) is 17.3 Å². The number of imidazole rings is 1. The fourth-order valence-corrected chi connectivity index (χ4v) is 2.02. The first-order valence-corrected chi connectivity index (χ1v) is 5.72. The van der Waals surface area contributed by atoms with Crippen molar-refractivity contribution in [1.29, 1.82) is 0 Å². The lowest BCUT2D eigenvalue weighted by atomic mass is 10.2. The van der Waals surface area contributed by atoms with Crippen LogP contribution in [0.2, 0.25) is 0 Å². The number of aromatic amines is 1. The van der Waals surface area contributed by atoms with Crippen molar-refractivity contribution >= 4 is 28.6 Å². The molecule has 0 aliphatic heterocycles. The molecular weight excluding hydrogens is 208 g/mol. The number of Topliss-reactive ketones (excluding diaryl/α,β-unsaturated/α-hetero) is 1. The second-order valence-electron chi connectivity index (χ2n) is 3.55. The van der Waals surface area contributed by atoms with Gasteiger partial charge in [0.1, 0.15) is 5.78 Å². The Morgan fingerprint density at radius 2 is 2.33 bits per heavy atom. The first-order valence-electron chi connectivity index (χ1n) is 4.74. The first kappa shape index (κ1) is 10.2. The van der Waals surface area contributed by atoms with Gasteiger partial charge < -0.3 is 4.98 Å². The largest absolute Gasteiger partial charge is 0.333 e. The van der Waals surface area contributed by atoms with Crippen LogP contribution in [0.5, 0.6) is 0 Å². The molecule has 0 aliphatic carbocycles. The average Bonchev–Trinajstić information content (AvgIpc) is 2.56. The molecule has 0 spiro atoms. The number of carbonyl (C=O) groups is 1. The van der Waals surface area contributed by atoms with Crippen molar-refractivity contribution in [2.75, 3.05) is 5.75 Å². The molecule has 0 bridgehead atoms. The van der Waals surface area contributed by atoms with Crippen molar-refractivity contribution in [2.45, 2.75) is 19.0 Å². The third kappa shape index (κ3) is 2.39. The van der Waals surface area contributed by atoms with Gasteiger partial charge in [0, 0.05) is 0 Å². The van der Waals surface area contributed by atoms with Gasteiger partial charge in [-0.2, -0.15) is 0 Å². The minimum atomic E-state index is 0.164. The summed E-state index contributed by atoms with van der Waals surface area (Å²) in [6.45, 7) is 3.63. The van der Waals surface area contributed by atoms with Crippen molar-refractivity contribution in [3.63, 3.8) is 0 Å². The molecular formula is C11H12N2OS. The number of nitrogens with zero attached hydrogens (tertiary/aromatic N) is 1. The van der Waals surface area contributed by atoms with Gasteiger partial charge in [0.2, 0.25) is 0 Å². The molecule has 1 aromatic heterocycles. The molecule has 1 heterocycles.